The Labute approximate surface area is 207 Å². The predicted molar refractivity (Wildman–Crippen MR) is 140 cm³/mol. The number of ether oxygens (including phenoxy) is 2. The average molecular weight is 485 g/mol. The first kappa shape index (κ1) is 22.9. The van der Waals surface area contributed by atoms with Gasteiger partial charge in [0.2, 0.25) is 0 Å². The molecule has 1 aromatic heterocycles. The molecule has 0 aliphatic rings. The van der Waals surface area contributed by atoms with Crippen LogP contribution in [-0.4, -0.2) is 18.8 Å². The smallest absolute Gasteiger partial charge is 0.190 e. The van der Waals surface area contributed by atoms with Crippen LogP contribution < -0.4 is 14.3 Å². The van der Waals surface area contributed by atoms with Crippen LogP contribution in [0.5, 0.6) is 11.5 Å². The Bertz CT molecular complexity index is 1540. The predicted octanol–water partition coefficient (Wildman–Crippen LogP) is 7.00. The molecule has 176 valence electrons. The van der Waals surface area contributed by atoms with Gasteiger partial charge < -0.3 is 14.0 Å². The van der Waals surface area contributed by atoms with Gasteiger partial charge in [-0.2, -0.15) is 0 Å². The normalized spacial score (nSPS) is 11.7. The maximum absolute atomic E-state index is 13.4. The number of thiazole rings is 1. The highest BCUT2D eigenvalue weighted by molar-refractivity contribution is 7.07. The van der Waals surface area contributed by atoms with Gasteiger partial charge in [0.25, 0.3) is 0 Å². The van der Waals surface area contributed by atoms with Crippen LogP contribution in [0.1, 0.15) is 5.56 Å². The number of methoxy groups -OCH3 is 2. The van der Waals surface area contributed by atoms with Crippen LogP contribution in [0.25, 0.3) is 22.0 Å². The van der Waals surface area contributed by atoms with E-state index in [1.165, 1.54) is 22.9 Å². The Morgan fingerprint density at radius 3 is 2.37 bits per heavy atom. The van der Waals surface area contributed by atoms with Gasteiger partial charge in [0.15, 0.2) is 16.3 Å². The van der Waals surface area contributed by atoms with Gasteiger partial charge in [-0.1, -0.05) is 42.5 Å². The minimum Gasteiger partial charge on any atom is -0.493 e. The second-order valence-electron chi connectivity index (χ2n) is 8.14. The first-order chi connectivity index (χ1) is 17.1. The summed E-state index contributed by atoms with van der Waals surface area (Å²) in [5.41, 5.74) is 4.09. The lowest BCUT2D eigenvalue weighted by atomic mass is 10.1. The van der Waals surface area contributed by atoms with Gasteiger partial charge in [-0.05, 0) is 70.8 Å². The lowest BCUT2D eigenvalue weighted by molar-refractivity contribution is 0.354. The van der Waals surface area contributed by atoms with Crippen molar-refractivity contribution in [3.05, 3.63) is 106 Å². The van der Waals surface area contributed by atoms with E-state index in [2.05, 4.69) is 58.5 Å². The van der Waals surface area contributed by atoms with Crippen LogP contribution >= 0.6 is 11.3 Å². The van der Waals surface area contributed by atoms with Gasteiger partial charge in [0.1, 0.15) is 5.82 Å². The van der Waals surface area contributed by atoms with Crippen molar-refractivity contribution in [3.63, 3.8) is 0 Å². The van der Waals surface area contributed by atoms with Crippen LogP contribution in [0, 0.1) is 5.82 Å². The Kier molecular flexibility index (Phi) is 6.64. The summed E-state index contributed by atoms with van der Waals surface area (Å²) in [5, 5.41) is 4.54. The number of nitrogens with zero attached hydrogens (tertiary/aromatic N) is 2. The van der Waals surface area contributed by atoms with E-state index in [1.807, 2.05) is 12.1 Å². The Morgan fingerprint density at radius 2 is 1.60 bits per heavy atom. The highest BCUT2D eigenvalue weighted by Crippen LogP contribution is 2.29. The zero-order chi connectivity index (χ0) is 24.2. The zero-order valence-electron chi connectivity index (χ0n) is 19.6. The quantitative estimate of drug-likeness (QED) is 0.249. The third kappa shape index (κ3) is 4.98. The molecule has 0 bridgehead atoms. The molecule has 5 aromatic rings. The summed E-state index contributed by atoms with van der Waals surface area (Å²) in [4.78, 5) is 5.70. The maximum Gasteiger partial charge on any atom is 0.190 e. The first-order valence-corrected chi connectivity index (χ1v) is 12.2. The van der Waals surface area contributed by atoms with Crippen molar-refractivity contribution in [1.29, 1.82) is 0 Å². The first-order valence-electron chi connectivity index (χ1n) is 11.3. The second-order valence-corrected chi connectivity index (χ2v) is 8.98. The third-order valence-electron chi connectivity index (χ3n) is 5.97. The molecular formula is C29H25FN2O2S. The fraction of sp³-hybridized carbons (Fsp3) is 0.138. The van der Waals surface area contributed by atoms with Crippen LogP contribution in [0.15, 0.2) is 95.3 Å². The van der Waals surface area contributed by atoms with Gasteiger partial charge in [0.05, 0.1) is 25.6 Å². The Morgan fingerprint density at radius 1 is 0.829 bits per heavy atom. The van der Waals surface area contributed by atoms with E-state index in [9.17, 15) is 4.39 Å². The molecule has 4 nitrogen and oxygen atoms in total. The summed E-state index contributed by atoms with van der Waals surface area (Å²) in [6, 6.07) is 27.1. The monoisotopic (exact) mass is 484 g/mol. The zero-order valence-corrected chi connectivity index (χ0v) is 20.4. The SMILES string of the molecule is COc1ccc(CCn2c(-c3ccc4ccccc4c3)csc2=Nc2ccc(F)cc2)cc1OC. The molecule has 0 unspecified atom stereocenters. The molecule has 0 aliphatic heterocycles. The number of benzene rings is 4. The molecule has 0 radical (unpaired) electrons. The lowest BCUT2D eigenvalue weighted by Crippen LogP contribution is -2.17. The number of fused-ring (bicyclic) bond motifs is 1. The van der Waals surface area contributed by atoms with Gasteiger partial charge in [-0.15, -0.1) is 11.3 Å². The van der Waals surface area contributed by atoms with Crippen molar-refractivity contribution in [2.75, 3.05) is 14.2 Å². The number of aryl methyl sites for hydroxylation is 1. The average Bonchev–Trinajstić information content (AvgIpc) is 3.30. The van der Waals surface area contributed by atoms with E-state index < -0.39 is 0 Å². The fourth-order valence-corrected chi connectivity index (χ4v) is 5.07. The Hall–Kier alpha value is -3.90. The summed E-state index contributed by atoms with van der Waals surface area (Å²) in [5.74, 6) is 1.16. The molecule has 0 saturated heterocycles. The van der Waals surface area contributed by atoms with Crippen LogP contribution in [0.2, 0.25) is 0 Å². The van der Waals surface area contributed by atoms with Crippen LogP contribution in [0.4, 0.5) is 10.1 Å². The lowest BCUT2D eigenvalue weighted by Gasteiger charge is -2.12. The maximum atomic E-state index is 13.4. The van der Waals surface area contributed by atoms with Crippen molar-refractivity contribution in [3.8, 4) is 22.8 Å². The fourth-order valence-electron chi connectivity index (χ4n) is 4.12. The van der Waals surface area contributed by atoms with Crippen molar-refractivity contribution in [2.24, 2.45) is 4.99 Å². The Balaban J connectivity index is 1.56. The van der Waals surface area contributed by atoms with E-state index in [0.29, 0.717) is 11.5 Å². The van der Waals surface area contributed by atoms with Crippen molar-refractivity contribution in [1.82, 2.24) is 4.57 Å². The molecule has 0 atom stereocenters. The summed E-state index contributed by atoms with van der Waals surface area (Å²) < 4.78 is 26.5. The molecule has 0 N–H and O–H groups in total. The molecule has 1 heterocycles. The minimum absolute atomic E-state index is 0.270. The van der Waals surface area contributed by atoms with Gasteiger partial charge in [-0.3, -0.25) is 0 Å². The standard InChI is InChI=1S/C29H25FN2O2S/c1-33-27-14-7-20(17-28(27)34-2)15-16-32-26(23-9-8-21-5-3-4-6-22(21)18-23)19-35-29(32)31-25-12-10-24(30)11-13-25/h3-14,17-19H,15-16H2,1-2H3. The van der Waals surface area contributed by atoms with E-state index >= 15 is 0 Å². The highest BCUT2D eigenvalue weighted by Gasteiger charge is 2.11. The molecule has 0 spiro atoms. The molecule has 0 fully saturated rings. The van der Waals surface area contributed by atoms with Crippen molar-refractivity contribution >= 4 is 27.8 Å². The molecule has 5 rings (SSSR count). The highest BCUT2D eigenvalue weighted by atomic mass is 32.1. The van der Waals surface area contributed by atoms with Gasteiger partial charge in [-0.25, -0.2) is 9.38 Å². The number of hydrogen-bond acceptors (Lipinski definition) is 4. The van der Waals surface area contributed by atoms with Crippen molar-refractivity contribution < 1.29 is 13.9 Å². The number of rotatable bonds is 7. The minimum atomic E-state index is -0.270. The number of aromatic nitrogens is 1. The topological polar surface area (TPSA) is 35.8 Å². The molecular weight excluding hydrogens is 459 g/mol. The van der Waals surface area contributed by atoms with Crippen LogP contribution in [0.3, 0.4) is 0 Å². The summed E-state index contributed by atoms with van der Waals surface area (Å²) in [6.07, 6.45) is 0.786. The number of halogens is 1. The third-order valence-corrected chi connectivity index (χ3v) is 6.83. The van der Waals surface area contributed by atoms with Gasteiger partial charge >= 0.3 is 0 Å². The van der Waals surface area contributed by atoms with Gasteiger partial charge in [0, 0.05) is 11.9 Å². The van der Waals surface area contributed by atoms with E-state index in [-0.39, 0.29) is 5.82 Å². The largest absolute Gasteiger partial charge is 0.493 e. The number of hydrogen-bond donors (Lipinski definition) is 0. The summed E-state index contributed by atoms with van der Waals surface area (Å²) >= 11 is 1.58. The summed E-state index contributed by atoms with van der Waals surface area (Å²) in [7, 11) is 3.28. The molecule has 0 aliphatic carbocycles. The van der Waals surface area contributed by atoms with E-state index in [1.54, 1.807) is 37.7 Å². The molecule has 6 heteroatoms. The van der Waals surface area contributed by atoms with E-state index in [0.717, 1.165) is 40.3 Å². The van der Waals surface area contributed by atoms with E-state index in [4.69, 9.17) is 14.5 Å². The van der Waals surface area contributed by atoms with Crippen LogP contribution in [-0.2, 0) is 13.0 Å². The molecule has 4 aromatic carbocycles. The second kappa shape index (κ2) is 10.2. The molecule has 0 saturated carbocycles. The molecule has 0 amide bonds. The van der Waals surface area contributed by atoms with Crippen molar-refractivity contribution in [2.45, 2.75) is 13.0 Å². The summed E-state index contributed by atoms with van der Waals surface area (Å²) in [6.45, 7) is 0.723. The molecule has 35 heavy (non-hydrogen) atoms.